The Hall–Kier alpha value is -3.04. The van der Waals surface area contributed by atoms with E-state index in [1.54, 1.807) is 18.2 Å². The van der Waals surface area contributed by atoms with E-state index < -0.39 is 4.92 Å². The van der Waals surface area contributed by atoms with Gasteiger partial charge in [0.1, 0.15) is 0 Å². The maximum absolute atomic E-state index is 12.7. The van der Waals surface area contributed by atoms with Crippen molar-refractivity contribution in [1.82, 2.24) is 5.01 Å². The highest BCUT2D eigenvalue weighted by Crippen LogP contribution is 2.33. The van der Waals surface area contributed by atoms with Gasteiger partial charge in [-0.2, -0.15) is 10.1 Å². The molecule has 1 saturated heterocycles. The number of nitro benzene ring substituents is 1. The van der Waals surface area contributed by atoms with Crippen molar-refractivity contribution in [2.45, 2.75) is 13.8 Å². The number of carbonyl (C=O) groups excluding carboxylic acids is 1. The van der Waals surface area contributed by atoms with Gasteiger partial charge >= 0.3 is 0 Å². The lowest BCUT2D eigenvalue weighted by atomic mass is 10.1. The zero-order valence-corrected chi connectivity index (χ0v) is 18.2. The van der Waals surface area contributed by atoms with Gasteiger partial charge in [-0.25, -0.2) is 0 Å². The Morgan fingerprint density at radius 3 is 2.27 bits per heavy atom. The molecule has 9 heteroatoms. The number of carbonyl (C=O) groups is 1. The Morgan fingerprint density at radius 2 is 1.70 bits per heavy atom. The third kappa shape index (κ3) is 4.92. The van der Waals surface area contributed by atoms with Gasteiger partial charge < -0.3 is 4.90 Å². The molecule has 0 N–H and O–H groups in total. The van der Waals surface area contributed by atoms with Crippen LogP contribution in [0.15, 0.2) is 58.5 Å². The number of thiocarbonyl (C=S) groups is 1. The Kier molecular flexibility index (Phi) is 6.96. The van der Waals surface area contributed by atoms with Crippen molar-refractivity contribution in [3.8, 4) is 0 Å². The van der Waals surface area contributed by atoms with Crippen LogP contribution in [0.3, 0.4) is 0 Å². The van der Waals surface area contributed by atoms with Crippen molar-refractivity contribution in [2.24, 2.45) is 5.10 Å². The number of hydrogen-bond acceptors (Lipinski definition) is 7. The second kappa shape index (κ2) is 9.64. The molecule has 0 unspecified atom stereocenters. The summed E-state index contributed by atoms with van der Waals surface area (Å²) in [6, 6.07) is 13.9. The molecule has 0 spiro atoms. The fraction of sp³-hybridized carbons (Fsp3) is 0.190. The molecular weight excluding hydrogens is 420 g/mol. The van der Waals surface area contributed by atoms with Crippen LogP contribution in [0.1, 0.15) is 25.0 Å². The number of rotatable bonds is 7. The minimum absolute atomic E-state index is 0.00675. The van der Waals surface area contributed by atoms with E-state index in [-0.39, 0.29) is 11.6 Å². The first-order valence-electron chi connectivity index (χ1n) is 9.34. The quantitative estimate of drug-likeness (QED) is 0.205. The molecule has 2 aromatic carbocycles. The summed E-state index contributed by atoms with van der Waals surface area (Å²) >= 11 is 6.48. The number of non-ortho nitro benzene ring substituents is 1. The fourth-order valence-electron chi connectivity index (χ4n) is 2.89. The van der Waals surface area contributed by atoms with Crippen LogP contribution >= 0.6 is 24.0 Å². The molecule has 0 bridgehead atoms. The van der Waals surface area contributed by atoms with Crippen LogP contribution < -0.4 is 4.90 Å². The average Bonchev–Trinajstić information content (AvgIpc) is 3.01. The van der Waals surface area contributed by atoms with E-state index in [1.807, 2.05) is 24.3 Å². The Morgan fingerprint density at radius 1 is 1.10 bits per heavy atom. The molecule has 1 heterocycles. The molecule has 0 saturated carbocycles. The summed E-state index contributed by atoms with van der Waals surface area (Å²) in [5.41, 5.74) is 2.67. The molecule has 0 radical (unpaired) electrons. The van der Waals surface area contributed by atoms with E-state index in [0.29, 0.717) is 14.8 Å². The largest absolute Gasteiger partial charge is 0.372 e. The number of hydrazone groups is 1. The summed E-state index contributed by atoms with van der Waals surface area (Å²) in [5, 5.41) is 16.0. The maximum Gasteiger partial charge on any atom is 0.286 e. The lowest BCUT2D eigenvalue weighted by Gasteiger charge is -2.20. The average molecular weight is 441 g/mol. The summed E-state index contributed by atoms with van der Waals surface area (Å²) in [7, 11) is 0. The number of nitrogens with zero attached hydrogens (tertiary/aromatic N) is 4. The minimum atomic E-state index is -0.470. The van der Waals surface area contributed by atoms with Gasteiger partial charge in [0.15, 0.2) is 4.32 Å². The molecule has 1 fully saturated rings. The lowest BCUT2D eigenvalue weighted by Crippen LogP contribution is -2.22. The highest BCUT2D eigenvalue weighted by atomic mass is 32.2. The summed E-state index contributed by atoms with van der Waals surface area (Å²) in [6.07, 6.45) is 3.25. The summed E-state index contributed by atoms with van der Waals surface area (Å²) in [6.45, 7) is 6.09. The zero-order chi connectivity index (χ0) is 21.7. The summed E-state index contributed by atoms with van der Waals surface area (Å²) in [5.74, 6) is -0.295. The molecular formula is C21H20N4O3S2. The molecule has 7 nitrogen and oxygen atoms in total. The van der Waals surface area contributed by atoms with E-state index >= 15 is 0 Å². The van der Waals surface area contributed by atoms with Gasteiger partial charge in [-0.1, -0.05) is 23.9 Å². The van der Waals surface area contributed by atoms with Crippen LogP contribution in [0.25, 0.3) is 6.08 Å². The Balaban J connectivity index is 1.73. The predicted octanol–water partition coefficient (Wildman–Crippen LogP) is 4.68. The Labute approximate surface area is 184 Å². The van der Waals surface area contributed by atoms with E-state index in [1.165, 1.54) is 30.1 Å². The molecule has 2 aromatic rings. The molecule has 30 heavy (non-hydrogen) atoms. The van der Waals surface area contributed by atoms with Crippen LogP contribution in [-0.4, -0.2) is 39.5 Å². The number of nitro groups is 1. The van der Waals surface area contributed by atoms with E-state index in [4.69, 9.17) is 12.2 Å². The van der Waals surface area contributed by atoms with Gasteiger partial charge in [0.2, 0.25) is 0 Å². The first-order valence-corrected chi connectivity index (χ1v) is 10.6. The van der Waals surface area contributed by atoms with Crippen molar-refractivity contribution in [2.75, 3.05) is 18.0 Å². The fourth-order valence-corrected chi connectivity index (χ4v) is 4.06. The first-order chi connectivity index (χ1) is 14.4. The SMILES string of the molecule is CCN(CC)c1ccc(/C=C2/SC(=S)N(/N=C/c3ccc([N+](=O)[O-])cc3)C2=O)cc1. The summed E-state index contributed by atoms with van der Waals surface area (Å²) < 4.78 is 0.337. The molecule has 1 aliphatic heterocycles. The highest BCUT2D eigenvalue weighted by molar-refractivity contribution is 8.26. The van der Waals surface area contributed by atoms with Crippen molar-refractivity contribution in [3.63, 3.8) is 0 Å². The molecule has 0 aromatic heterocycles. The monoisotopic (exact) mass is 440 g/mol. The van der Waals surface area contributed by atoms with Crippen molar-refractivity contribution >= 4 is 57.9 Å². The van der Waals surface area contributed by atoms with E-state index in [2.05, 4.69) is 23.8 Å². The maximum atomic E-state index is 12.7. The second-order valence-corrected chi connectivity index (χ2v) is 8.03. The van der Waals surface area contributed by atoms with E-state index in [0.717, 1.165) is 29.3 Å². The van der Waals surface area contributed by atoms with Crippen molar-refractivity contribution in [3.05, 3.63) is 74.7 Å². The minimum Gasteiger partial charge on any atom is -0.372 e. The molecule has 0 atom stereocenters. The third-order valence-corrected chi connectivity index (χ3v) is 5.80. The number of thioether (sulfide) groups is 1. The van der Waals surface area contributed by atoms with E-state index in [9.17, 15) is 14.9 Å². The predicted molar refractivity (Wildman–Crippen MR) is 126 cm³/mol. The standard InChI is InChI=1S/C21H20N4O3S2/c1-3-23(4-2)17-9-5-15(6-10-17)13-19-20(26)24(21(29)30-19)22-14-16-7-11-18(12-8-16)25(27)28/h5-14H,3-4H2,1-2H3/b19-13+,22-14+. The van der Waals surface area contributed by atoms with Crippen LogP contribution in [0.4, 0.5) is 11.4 Å². The number of hydrogen-bond donors (Lipinski definition) is 0. The number of amides is 1. The van der Waals surface area contributed by atoms with Gasteiger partial charge in [-0.05, 0) is 67.5 Å². The number of anilines is 1. The topological polar surface area (TPSA) is 79.1 Å². The van der Waals surface area contributed by atoms with Gasteiger partial charge in [0.05, 0.1) is 16.0 Å². The lowest BCUT2D eigenvalue weighted by molar-refractivity contribution is -0.384. The molecule has 1 amide bonds. The van der Waals surface area contributed by atoms with Gasteiger partial charge in [0.25, 0.3) is 11.6 Å². The van der Waals surface area contributed by atoms with Gasteiger partial charge in [0, 0.05) is 30.9 Å². The zero-order valence-electron chi connectivity index (χ0n) is 16.5. The molecule has 1 aliphatic rings. The van der Waals surface area contributed by atoms with Crippen molar-refractivity contribution < 1.29 is 9.72 Å². The first kappa shape index (κ1) is 21.7. The molecule has 154 valence electrons. The smallest absolute Gasteiger partial charge is 0.286 e. The third-order valence-electron chi connectivity index (χ3n) is 4.52. The van der Waals surface area contributed by atoms with Gasteiger partial charge in [-0.15, -0.1) is 0 Å². The van der Waals surface area contributed by atoms with Gasteiger partial charge in [-0.3, -0.25) is 14.9 Å². The Bertz CT molecular complexity index is 1010. The summed E-state index contributed by atoms with van der Waals surface area (Å²) in [4.78, 5) is 25.7. The normalized spacial score (nSPS) is 15.4. The molecule has 0 aliphatic carbocycles. The van der Waals surface area contributed by atoms with Crippen LogP contribution in [0.5, 0.6) is 0 Å². The molecule has 3 rings (SSSR count). The number of benzene rings is 2. The van der Waals surface area contributed by atoms with Crippen LogP contribution in [0.2, 0.25) is 0 Å². The second-order valence-electron chi connectivity index (χ2n) is 6.35. The van der Waals surface area contributed by atoms with Crippen LogP contribution in [-0.2, 0) is 4.79 Å². The highest BCUT2D eigenvalue weighted by Gasteiger charge is 2.32. The van der Waals surface area contributed by atoms with Crippen molar-refractivity contribution in [1.29, 1.82) is 0 Å². The van der Waals surface area contributed by atoms with Crippen LogP contribution in [0, 0.1) is 10.1 Å².